The summed E-state index contributed by atoms with van der Waals surface area (Å²) in [7, 11) is 0. The molecule has 2 N–H and O–H groups in total. The van der Waals surface area contributed by atoms with Crippen molar-refractivity contribution in [2.24, 2.45) is 5.73 Å². The maximum absolute atomic E-state index is 13.9. The van der Waals surface area contributed by atoms with Gasteiger partial charge in [-0.1, -0.05) is 24.3 Å². The molecule has 0 saturated heterocycles. The van der Waals surface area contributed by atoms with Crippen LogP contribution in [0.25, 0.3) is 11.1 Å². The maximum atomic E-state index is 13.9. The summed E-state index contributed by atoms with van der Waals surface area (Å²) < 4.78 is 52.8. The molecule has 1 amide bonds. The van der Waals surface area contributed by atoms with Crippen molar-refractivity contribution in [1.82, 2.24) is 0 Å². The van der Waals surface area contributed by atoms with Gasteiger partial charge >= 0.3 is 6.18 Å². The number of nitrogens with two attached hydrogens (primary N) is 1. The number of halogens is 4. The van der Waals surface area contributed by atoms with Gasteiger partial charge in [0.25, 0.3) is 0 Å². The van der Waals surface area contributed by atoms with Gasteiger partial charge in [-0.15, -0.1) is 0 Å². The summed E-state index contributed by atoms with van der Waals surface area (Å²) in [5.41, 5.74) is 2.93. The third-order valence-electron chi connectivity index (χ3n) is 2.78. The zero-order valence-electron chi connectivity index (χ0n) is 10.0. The first-order valence-electron chi connectivity index (χ1n) is 5.57. The lowest BCUT2D eigenvalue weighted by atomic mass is 9.94. The number of benzene rings is 2. The van der Waals surface area contributed by atoms with Crippen LogP contribution in [0.1, 0.15) is 15.9 Å². The Hall–Kier alpha value is -2.37. The van der Waals surface area contributed by atoms with Crippen LogP contribution >= 0.6 is 0 Å². The maximum Gasteiger partial charge on any atom is 0.417 e. The average molecular weight is 283 g/mol. The second-order valence-electron chi connectivity index (χ2n) is 4.07. The fourth-order valence-corrected chi connectivity index (χ4v) is 1.95. The third kappa shape index (κ3) is 2.49. The number of hydrogen-bond acceptors (Lipinski definition) is 1. The molecule has 2 rings (SSSR count). The summed E-state index contributed by atoms with van der Waals surface area (Å²) in [6.07, 6.45) is -4.66. The highest BCUT2D eigenvalue weighted by molar-refractivity contribution is 6.00. The quantitative estimate of drug-likeness (QED) is 0.841. The van der Waals surface area contributed by atoms with Crippen molar-refractivity contribution < 1.29 is 22.4 Å². The minimum Gasteiger partial charge on any atom is -0.366 e. The van der Waals surface area contributed by atoms with Gasteiger partial charge in [-0.2, -0.15) is 13.2 Å². The molecule has 0 bridgehead atoms. The van der Waals surface area contributed by atoms with Gasteiger partial charge in [-0.3, -0.25) is 4.79 Å². The summed E-state index contributed by atoms with van der Waals surface area (Å²) in [5, 5.41) is 0. The smallest absolute Gasteiger partial charge is 0.366 e. The van der Waals surface area contributed by atoms with Crippen LogP contribution in [0.4, 0.5) is 17.6 Å². The molecule has 20 heavy (non-hydrogen) atoms. The normalized spacial score (nSPS) is 11.4. The molecule has 2 nitrogen and oxygen atoms in total. The Kier molecular flexibility index (Phi) is 3.48. The van der Waals surface area contributed by atoms with Crippen molar-refractivity contribution in [2.75, 3.05) is 0 Å². The molecule has 0 aromatic heterocycles. The molecule has 0 aliphatic carbocycles. The molecule has 0 atom stereocenters. The summed E-state index contributed by atoms with van der Waals surface area (Å²) in [6.45, 7) is 0. The lowest BCUT2D eigenvalue weighted by Gasteiger charge is -2.15. The van der Waals surface area contributed by atoms with E-state index in [-0.39, 0.29) is 5.56 Å². The van der Waals surface area contributed by atoms with Crippen molar-refractivity contribution >= 4 is 5.91 Å². The van der Waals surface area contributed by atoms with E-state index in [1.807, 2.05) is 0 Å². The summed E-state index contributed by atoms with van der Waals surface area (Å²) in [5.74, 6) is -1.92. The fraction of sp³-hybridized carbons (Fsp3) is 0.0714. The molecule has 2 aromatic rings. The topological polar surface area (TPSA) is 43.1 Å². The van der Waals surface area contributed by atoms with Crippen molar-refractivity contribution in [3.05, 3.63) is 59.4 Å². The van der Waals surface area contributed by atoms with E-state index in [9.17, 15) is 22.4 Å². The van der Waals surface area contributed by atoms with Crippen LogP contribution in [0.2, 0.25) is 0 Å². The van der Waals surface area contributed by atoms with E-state index in [1.165, 1.54) is 24.3 Å². The number of hydrogen-bond donors (Lipinski definition) is 1. The number of alkyl halides is 3. The number of amides is 1. The van der Waals surface area contributed by atoms with Gasteiger partial charge in [-0.25, -0.2) is 4.39 Å². The Balaban J connectivity index is 2.79. The predicted octanol–water partition coefficient (Wildman–Crippen LogP) is 3.61. The molecule has 0 unspecified atom stereocenters. The summed E-state index contributed by atoms with van der Waals surface area (Å²) >= 11 is 0. The minimum atomic E-state index is -4.66. The highest BCUT2D eigenvalue weighted by atomic mass is 19.4. The first kappa shape index (κ1) is 14.0. The van der Waals surface area contributed by atoms with Gasteiger partial charge in [0.2, 0.25) is 5.91 Å². The largest absolute Gasteiger partial charge is 0.417 e. The Morgan fingerprint density at radius 2 is 1.65 bits per heavy atom. The lowest BCUT2D eigenvalue weighted by molar-refractivity contribution is -0.137. The molecular weight excluding hydrogens is 274 g/mol. The SMILES string of the molecule is NC(=O)c1cccc(F)c1-c1ccccc1C(F)(F)F. The van der Waals surface area contributed by atoms with E-state index in [2.05, 4.69) is 0 Å². The molecule has 2 aromatic carbocycles. The van der Waals surface area contributed by atoms with E-state index >= 15 is 0 Å². The Bertz CT molecular complexity index is 664. The molecule has 0 heterocycles. The van der Waals surface area contributed by atoms with Crippen molar-refractivity contribution in [3.63, 3.8) is 0 Å². The van der Waals surface area contributed by atoms with E-state index < -0.39 is 34.6 Å². The molecule has 0 saturated carbocycles. The van der Waals surface area contributed by atoms with Crippen molar-refractivity contribution in [3.8, 4) is 11.1 Å². The average Bonchev–Trinajstić information content (AvgIpc) is 2.37. The van der Waals surface area contributed by atoms with Gasteiger partial charge in [0, 0.05) is 11.1 Å². The fourth-order valence-electron chi connectivity index (χ4n) is 1.95. The van der Waals surface area contributed by atoms with Gasteiger partial charge < -0.3 is 5.73 Å². The molecule has 0 radical (unpaired) electrons. The standard InChI is InChI=1S/C14H9F4NO/c15-11-7-3-5-9(13(19)20)12(11)8-4-1-2-6-10(8)14(16,17)18/h1-7H,(H2,19,20). The number of carbonyl (C=O) groups excluding carboxylic acids is 1. The molecule has 0 aliphatic rings. The van der Waals surface area contributed by atoms with Crippen LogP contribution in [0.3, 0.4) is 0 Å². The minimum absolute atomic E-state index is 0.290. The summed E-state index contributed by atoms with van der Waals surface area (Å²) in [4.78, 5) is 11.3. The van der Waals surface area contributed by atoms with Gasteiger partial charge in [0.15, 0.2) is 0 Å². The Labute approximate surface area is 111 Å². The van der Waals surface area contributed by atoms with Gasteiger partial charge in [0.1, 0.15) is 5.82 Å². The van der Waals surface area contributed by atoms with Crippen LogP contribution < -0.4 is 5.73 Å². The molecule has 0 spiro atoms. The van der Waals surface area contributed by atoms with Crippen LogP contribution in [0.5, 0.6) is 0 Å². The van der Waals surface area contributed by atoms with E-state index in [1.54, 1.807) is 0 Å². The third-order valence-corrected chi connectivity index (χ3v) is 2.78. The van der Waals surface area contributed by atoms with E-state index in [4.69, 9.17) is 5.73 Å². The van der Waals surface area contributed by atoms with E-state index in [0.717, 1.165) is 18.2 Å². The second-order valence-corrected chi connectivity index (χ2v) is 4.07. The van der Waals surface area contributed by atoms with Crippen LogP contribution in [-0.4, -0.2) is 5.91 Å². The first-order valence-corrected chi connectivity index (χ1v) is 5.57. The van der Waals surface area contributed by atoms with Gasteiger partial charge in [0.05, 0.1) is 5.56 Å². The monoisotopic (exact) mass is 283 g/mol. The number of carbonyl (C=O) groups is 1. The molecule has 0 fully saturated rings. The summed E-state index contributed by atoms with van der Waals surface area (Å²) in [6, 6.07) is 7.84. The number of primary amides is 1. The van der Waals surface area contributed by atoms with Crippen LogP contribution in [0.15, 0.2) is 42.5 Å². The van der Waals surface area contributed by atoms with Gasteiger partial charge in [-0.05, 0) is 23.8 Å². The first-order chi connectivity index (χ1) is 9.32. The predicted molar refractivity (Wildman–Crippen MR) is 65.4 cm³/mol. The number of rotatable bonds is 2. The zero-order valence-corrected chi connectivity index (χ0v) is 10.0. The molecular formula is C14H9F4NO. The molecule has 104 valence electrons. The lowest BCUT2D eigenvalue weighted by Crippen LogP contribution is -2.15. The Morgan fingerprint density at radius 3 is 2.25 bits per heavy atom. The second kappa shape index (κ2) is 4.96. The molecule has 6 heteroatoms. The van der Waals surface area contributed by atoms with Crippen LogP contribution in [-0.2, 0) is 6.18 Å². The van der Waals surface area contributed by atoms with Crippen molar-refractivity contribution in [1.29, 1.82) is 0 Å². The van der Waals surface area contributed by atoms with Crippen molar-refractivity contribution in [2.45, 2.75) is 6.18 Å². The molecule has 0 aliphatic heterocycles. The van der Waals surface area contributed by atoms with E-state index in [0.29, 0.717) is 0 Å². The van der Waals surface area contributed by atoms with Crippen LogP contribution in [0, 0.1) is 5.82 Å². The highest BCUT2D eigenvalue weighted by Crippen LogP contribution is 2.38. The zero-order chi connectivity index (χ0) is 14.9. The highest BCUT2D eigenvalue weighted by Gasteiger charge is 2.34. The Morgan fingerprint density at radius 1 is 1.00 bits per heavy atom.